The number of hydrogen-bond acceptors (Lipinski definition) is 4. The number of carbonyl (C=O) groups excluding carboxylic acids is 2. The monoisotopic (exact) mass is 504 g/mol. The summed E-state index contributed by atoms with van der Waals surface area (Å²) in [4.78, 5) is 35.6. The third-order valence-corrected chi connectivity index (χ3v) is 6.58. The molecular formula is C26H27F3N2O5. The molecule has 0 radical (unpaired) electrons. The fraction of sp³-hybridized carbons (Fsp3) is 0.423. The molecule has 0 heterocycles. The summed E-state index contributed by atoms with van der Waals surface area (Å²) >= 11 is 0. The highest BCUT2D eigenvalue weighted by molar-refractivity contribution is 5.95. The van der Waals surface area contributed by atoms with Crippen molar-refractivity contribution in [2.45, 2.75) is 50.5 Å². The van der Waals surface area contributed by atoms with Crippen LogP contribution in [0.4, 0.5) is 13.2 Å². The molecular weight excluding hydrogens is 477 g/mol. The van der Waals surface area contributed by atoms with Crippen LogP contribution in [0.15, 0.2) is 30.3 Å². The van der Waals surface area contributed by atoms with Crippen molar-refractivity contribution in [1.82, 2.24) is 10.6 Å². The van der Waals surface area contributed by atoms with Crippen molar-refractivity contribution in [3.63, 3.8) is 0 Å². The lowest BCUT2D eigenvalue weighted by Gasteiger charge is -2.27. The highest BCUT2D eigenvalue weighted by Crippen LogP contribution is 2.41. The van der Waals surface area contributed by atoms with E-state index in [1.54, 1.807) is 12.1 Å². The fourth-order valence-corrected chi connectivity index (χ4v) is 4.35. The van der Waals surface area contributed by atoms with E-state index in [0.717, 1.165) is 25.0 Å². The van der Waals surface area contributed by atoms with Crippen LogP contribution in [0.5, 0.6) is 5.75 Å². The van der Waals surface area contributed by atoms with E-state index in [-0.39, 0.29) is 30.3 Å². The summed E-state index contributed by atoms with van der Waals surface area (Å²) in [6.07, 6.45) is 3.04. The Kier molecular flexibility index (Phi) is 7.81. The molecule has 4 rings (SSSR count). The summed E-state index contributed by atoms with van der Waals surface area (Å²) in [6, 6.07) is 6.60. The van der Waals surface area contributed by atoms with Gasteiger partial charge in [-0.15, -0.1) is 0 Å². The van der Waals surface area contributed by atoms with Gasteiger partial charge in [-0.05, 0) is 74.3 Å². The molecule has 0 atom stereocenters. The second kappa shape index (κ2) is 11.0. The van der Waals surface area contributed by atoms with Crippen LogP contribution >= 0.6 is 0 Å². The van der Waals surface area contributed by atoms with Gasteiger partial charge in [-0.25, -0.2) is 8.78 Å². The average molecular weight is 505 g/mol. The molecule has 0 spiro atoms. The smallest absolute Gasteiger partial charge is 0.306 e. The van der Waals surface area contributed by atoms with E-state index in [0.29, 0.717) is 31.2 Å². The molecule has 0 bridgehead atoms. The third kappa shape index (κ3) is 5.98. The van der Waals surface area contributed by atoms with Crippen LogP contribution in [0.3, 0.4) is 0 Å². The number of aliphatic carboxylic acids is 1. The molecule has 2 amide bonds. The first kappa shape index (κ1) is 25.5. The number of rotatable bonds is 9. The van der Waals surface area contributed by atoms with Crippen molar-refractivity contribution < 1.29 is 37.4 Å². The number of carboxylic acid groups (broad SMARTS) is 1. The van der Waals surface area contributed by atoms with Gasteiger partial charge in [0.15, 0.2) is 11.6 Å². The number of amides is 2. The number of halogens is 3. The molecule has 7 nitrogen and oxygen atoms in total. The molecule has 3 N–H and O–H groups in total. The van der Waals surface area contributed by atoms with Gasteiger partial charge < -0.3 is 20.5 Å². The Bertz CT molecular complexity index is 1160. The van der Waals surface area contributed by atoms with E-state index in [2.05, 4.69) is 10.6 Å². The van der Waals surface area contributed by atoms with Crippen LogP contribution < -0.4 is 15.4 Å². The molecule has 192 valence electrons. The molecule has 0 saturated heterocycles. The zero-order chi connectivity index (χ0) is 25.8. The first-order valence-corrected chi connectivity index (χ1v) is 12.0. The molecule has 10 heteroatoms. The van der Waals surface area contributed by atoms with Crippen molar-refractivity contribution >= 4 is 17.8 Å². The lowest BCUT2D eigenvalue weighted by atomic mass is 9.87. The Hall–Kier alpha value is -3.56. The van der Waals surface area contributed by atoms with Crippen molar-refractivity contribution in [3.8, 4) is 5.75 Å². The van der Waals surface area contributed by atoms with Gasteiger partial charge in [0, 0.05) is 18.7 Å². The molecule has 2 fully saturated rings. The quantitative estimate of drug-likeness (QED) is 0.445. The lowest BCUT2D eigenvalue weighted by molar-refractivity contribution is -0.143. The second-order valence-electron chi connectivity index (χ2n) is 9.19. The van der Waals surface area contributed by atoms with Crippen molar-refractivity contribution in [3.05, 3.63) is 64.5 Å². The summed E-state index contributed by atoms with van der Waals surface area (Å²) in [5.41, 5.74) is 0.247. The number of ether oxygens (including phenoxy) is 1. The highest BCUT2D eigenvalue weighted by atomic mass is 19.2. The molecule has 2 aromatic carbocycles. The highest BCUT2D eigenvalue weighted by Gasteiger charge is 2.29. The Morgan fingerprint density at radius 1 is 0.861 bits per heavy atom. The molecule has 0 unspecified atom stereocenters. The Labute approximate surface area is 206 Å². The molecule has 0 aromatic heterocycles. The summed E-state index contributed by atoms with van der Waals surface area (Å²) in [7, 11) is 0. The minimum atomic E-state index is -1.36. The maximum absolute atomic E-state index is 14.5. The van der Waals surface area contributed by atoms with Gasteiger partial charge in [-0.2, -0.15) is 4.39 Å². The number of nitrogens with one attached hydrogen (secondary N) is 2. The van der Waals surface area contributed by atoms with E-state index < -0.39 is 52.8 Å². The molecule has 2 saturated carbocycles. The Balaban J connectivity index is 1.25. The molecule has 2 aromatic rings. The number of benzene rings is 2. The Morgan fingerprint density at radius 3 is 2.14 bits per heavy atom. The van der Waals surface area contributed by atoms with Gasteiger partial charge >= 0.3 is 5.97 Å². The van der Waals surface area contributed by atoms with E-state index in [4.69, 9.17) is 9.84 Å². The topological polar surface area (TPSA) is 105 Å². The first-order chi connectivity index (χ1) is 17.2. The summed E-state index contributed by atoms with van der Waals surface area (Å²) in [5, 5.41) is 14.0. The number of carboxylic acids is 1. The van der Waals surface area contributed by atoms with Crippen LogP contribution in [-0.2, 0) is 4.79 Å². The predicted octanol–water partition coefficient (Wildman–Crippen LogP) is 4.16. The van der Waals surface area contributed by atoms with Crippen molar-refractivity contribution in [1.29, 1.82) is 0 Å². The SMILES string of the molecule is O=C(NCCNC(=O)c1ccc(OC2CCC(C(=O)O)CC2)c(F)c1F)c1ccc(C2CC2)c(F)c1. The van der Waals surface area contributed by atoms with Crippen LogP contribution in [0.1, 0.15) is 70.7 Å². The first-order valence-electron chi connectivity index (χ1n) is 12.0. The number of carbonyl (C=O) groups is 3. The van der Waals surface area contributed by atoms with Crippen molar-refractivity contribution in [2.75, 3.05) is 13.1 Å². The normalized spacial score (nSPS) is 19.4. The van der Waals surface area contributed by atoms with Gasteiger partial charge in [0.25, 0.3) is 11.8 Å². The molecule has 36 heavy (non-hydrogen) atoms. The summed E-state index contributed by atoms with van der Waals surface area (Å²) < 4.78 is 48.7. The van der Waals surface area contributed by atoms with Crippen LogP contribution in [0, 0.1) is 23.4 Å². The molecule has 2 aliphatic carbocycles. The fourth-order valence-electron chi connectivity index (χ4n) is 4.35. The van der Waals surface area contributed by atoms with E-state index in [1.807, 2.05) is 0 Å². The zero-order valence-electron chi connectivity index (χ0n) is 19.5. The maximum atomic E-state index is 14.5. The largest absolute Gasteiger partial charge is 0.487 e. The summed E-state index contributed by atoms with van der Waals surface area (Å²) in [6.45, 7) is -0.0553. The van der Waals surface area contributed by atoms with Gasteiger partial charge in [0.1, 0.15) is 5.82 Å². The summed E-state index contributed by atoms with van der Waals surface area (Å²) in [5.74, 6) is -5.91. The van der Waals surface area contributed by atoms with Gasteiger partial charge in [0.05, 0.1) is 17.6 Å². The maximum Gasteiger partial charge on any atom is 0.306 e. The molecule has 2 aliphatic rings. The van der Waals surface area contributed by atoms with Crippen LogP contribution in [-0.4, -0.2) is 42.1 Å². The minimum Gasteiger partial charge on any atom is -0.487 e. The van der Waals surface area contributed by atoms with E-state index in [1.165, 1.54) is 6.07 Å². The van der Waals surface area contributed by atoms with Gasteiger partial charge in [-0.3, -0.25) is 14.4 Å². The standard InChI is InChI=1S/C26H27F3N2O5/c27-20-13-16(5-8-18(20)14-1-2-14)24(32)30-11-12-31-25(33)19-9-10-21(23(29)22(19)28)36-17-6-3-15(4-7-17)26(34)35/h5,8-10,13-15,17H,1-4,6-7,11-12H2,(H,30,32)(H,31,33)(H,34,35). The third-order valence-electron chi connectivity index (χ3n) is 6.58. The zero-order valence-corrected chi connectivity index (χ0v) is 19.5. The lowest BCUT2D eigenvalue weighted by Crippen LogP contribution is -2.35. The predicted molar refractivity (Wildman–Crippen MR) is 123 cm³/mol. The van der Waals surface area contributed by atoms with E-state index in [9.17, 15) is 27.6 Å². The number of hydrogen-bond donors (Lipinski definition) is 3. The van der Waals surface area contributed by atoms with E-state index >= 15 is 0 Å². The molecule has 0 aliphatic heterocycles. The van der Waals surface area contributed by atoms with Crippen LogP contribution in [0.2, 0.25) is 0 Å². The average Bonchev–Trinajstić information content (AvgIpc) is 3.70. The van der Waals surface area contributed by atoms with Crippen LogP contribution in [0.25, 0.3) is 0 Å². The minimum absolute atomic E-state index is 0.000875. The van der Waals surface area contributed by atoms with Gasteiger partial charge in [0.2, 0.25) is 5.82 Å². The van der Waals surface area contributed by atoms with Gasteiger partial charge in [-0.1, -0.05) is 6.07 Å². The Morgan fingerprint density at radius 2 is 1.53 bits per heavy atom. The second-order valence-corrected chi connectivity index (χ2v) is 9.19. The van der Waals surface area contributed by atoms with Crippen molar-refractivity contribution in [2.24, 2.45) is 5.92 Å².